The third kappa shape index (κ3) is 6.32. The van der Waals surface area contributed by atoms with Crippen molar-refractivity contribution in [3.05, 3.63) is 64.6 Å². The Balaban J connectivity index is 1.39. The van der Waals surface area contributed by atoms with Gasteiger partial charge in [0.1, 0.15) is 29.0 Å². The summed E-state index contributed by atoms with van der Waals surface area (Å²) in [4.78, 5) is 14.6. The quantitative estimate of drug-likeness (QED) is 0.302. The van der Waals surface area contributed by atoms with Crippen LogP contribution in [0.3, 0.4) is 0 Å². The van der Waals surface area contributed by atoms with Crippen LogP contribution in [0.5, 0.6) is 11.5 Å². The molecule has 2 aromatic carbocycles. The molecule has 5 nitrogen and oxygen atoms in total. The van der Waals surface area contributed by atoms with Crippen LogP contribution < -0.4 is 9.47 Å². The van der Waals surface area contributed by atoms with Crippen molar-refractivity contribution in [1.82, 2.24) is 4.90 Å². The van der Waals surface area contributed by atoms with Gasteiger partial charge >= 0.3 is 0 Å². The maximum atomic E-state index is 12.3. The first-order valence-corrected chi connectivity index (χ1v) is 11.0. The van der Waals surface area contributed by atoms with E-state index in [0.29, 0.717) is 42.2 Å². The van der Waals surface area contributed by atoms with Crippen molar-refractivity contribution in [3.8, 4) is 11.5 Å². The Morgan fingerprint density at radius 3 is 2.37 bits per heavy atom. The van der Waals surface area contributed by atoms with Gasteiger partial charge in [0.25, 0.3) is 5.91 Å². The van der Waals surface area contributed by atoms with E-state index < -0.39 is 0 Å². The lowest BCUT2D eigenvalue weighted by molar-refractivity contribution is -0.121. The van der Waals surface area contributed by atoms with Gasteiger partial charge in [-0.15, -0.1) is 0 Å². The Bertz CT molecular complexity index is 912. The van der Waals surface area contributed by atoms with Crippen LogP contribution >= 0.6 is 24.0 Å². The zero-order valence-electron chi connectivity index (χ0n) is 17.1. The standard InChI is InChI=1S/C23H25NO4S2/c1-3-24-22(25)21(30-23(24)29)16-18-5-4-6-20(15-18)28-14-12-26-11-13-27-19-9-7-17(2)8-10-19/h4-10,15-16H,3,11-14H2,1-2H3. The fourth-order valence-corrected chi connectivity index (χ4v) is 4.18. The van der Waals surface area contributed by atoms with E-state index in [0.717, 1.165) is 17.1 Å². The van der Waals surface area contributed by atoms with Crippen molar-refractivity contribution in [1.29, 1.82) is 0 Å². The molecule has 0 radical (unpaired) electrons. The third-order valence-electron chi connectivity index (χ3n) is 4.36. The molecule has 3 rings (SSSR count). The summed E-state index contributed by atoms with van der Waals surface area (Å²) in [6.45, 7) is 6.44. The molecule has 0 N–H and O–H groups in total. The highest BCUT2D eigenvalue weighted by molar-refractivity contribution is 8.26. The fourth-order valence-electron chi connectivity index (χ4n) is 2.79. The average molecular weight is 444 g/mol. The normalized spacial score (nSPS) is 15.1. The van der Waals surface area contributed by atoms with Crippen LogP contribution in [0.15, 0.2) is 53.4 Å². The van der Waals surface area contributed by atoms with Crippen molar-refractivity contribution in [2.75, 3.05) is 33.0 Å². The number of hydrogen-bond donors (Lipinski definition) is 0. The molecule has 1 aliphatic heterocycles. The van der Waals surface area contributed by atoms with E-state index in [1.54, 1.807) is 4.90 Å². The Hall–Kier alpha value is -2.35. The summed E-state index contributed by atoms with van der Waals surface area (Å²) in [5, 5.41) is 0. The van der Waals surface area contributed by atoms with E-state index in [9.17, 15) is 4.79 Å². The summed E-state index contributed by atoms with van der Waals surface area (Å²) in [7, 11) is 0. The lowest BCUT2D eigenvalue weighted by Crippen LogP contribution is -2.27. The van der Waals surface area contributed by atoms with Crippen molar-refractivity contribution in [3.63, 3.8) is 0 Å². The molecular weight excluding hydrogens is 418 g/mol. The second-order valence-corrected chi connectivity index (χ2v) is 8.30. The molecule has 1 amide bonds. The van der Waals surface area contributed by atoms with Crippen molar-refractivity contribution in [2.45, 2.75) is 13.8 Å². The molecule has 1 fully saturated rings. The van der Waals surface area contributed by atoms with Crippen LogP contribution in [0.4, 0.5) is 0 Å². The van der Waals surface area contributed by atoms with E-state index in [2.05, 4.69) is 0 Å². The number of ether oxygens (including phenoxy) is 3. The van der Waals surface area contributed by atoms with Crippen LogP contribution in [0.2, 0.25) is 0 Å². The molecule has 1 aliphatic rings. The summed E-state index contributed by atoms with van der Waals surface area (Å²) in [5.74, 6) is 1.53. The molecule has 0 aromatic heterocycles. The molecule has 0 atom stereocenters. The topological polar surface area (TPSA) is 48.0 Å². The third-order valence-corrected chi connectivity index (χ3v) is 5.74. The van der Waals surface area contributed by atoms with Crippen LogP contribution in [0.1, 0.15) is 18.1 Å². The highest BCUT2D eigenvalue weighted by Gasteiger charge is 2.30. The average Bonchev–Trinajstić information content (AvgIpc) is 3.01. The molecule has 30 heavy (non-hydrogen) atoms. The fraction of sp³-hybridized carbons (Fsp3) is 0.304. The van der Waals surface area contributed by atoms with Crippen molar-refractivity contribution < 1.29 is 19.0 Å². The van der Waals surface area contributed by atoms with Gasteiger partial charge in [-0.1, -0.05) is 53.8 Å². The number of carbonyl (C=O) groups is 1. The van der Waals surface area contributed by atoms with Crippen LogP contribution in [-0.2, 0) is 9.53 Å². The van der Waals surface area contributed by atoms with Crippen LogP contribution in [-0.4, -0.2) is 48.1 Å². The van der Waals surface area contributed by atoms with Gasteiger partial charge in [0.2, 0.25) is 0 Å². The predicted molar refractivity (Wildman–Crippen MR) is 125 cm³/mol. The van der Waals surface area contributed by atoms with E-state index in [4.69, 9.17) is 26.4 Å². The number of amides is 1. The van der Waals surface area contributed by atoms with Gasteiger partial charge in [0.05, 0.1) is 18.1 Å². The Labute approximate surface area is 187 Å². The number of aryl methyl sites for hydroxylation is 1. The van der Waals surface area contributed by atoms with Gasteiger partial charge in [-0.3, -0.25) is 9.69 Å². The second-order valence-electron chi connectivity index (χ2n) is 6.62. The lowest BCUT2D eigenvalue weighted by atomic mass is 10.2. The first kappa shape index (κ1) is 22.3. The second kappa shape index (κ2) is 11.2. The minimum Gasteiger partial charge on any atom is -0.491 e. The van der Waals surface area contributed by atoms with Crippen molar-refractivity contribution in [2.24, 2.45) is 0 Å². The Morgan fingerprint density at radius 1 is 1.00 bits per heavy atom. The molecule has 1 saturated heterocycles. The maximum Gasteiger partial charge on any atom is 0.266 e. The van der Waals surface area contributed by atoms with E-state index in [1.807, 2.05) is 68.5 Å². The highest BCUT2D eigenvalue weighted by Crippen LogP contribution is 2.32. The number of nitrogens with zero attached hydrogens (tertiary/aromatic N) is 1. The van der Waals surface area contributed by atoms with Gasteiger partial charge in [-0.05, 0) is 49.8 Å². The Kier molecular flexibility index (Phi) is 8.30. The summed E-state index contributed by atoms with van der Waals surface area (Å²) < 4.78 is 17.5. The molecule has 1 heterocycles. The molecule has 0 unspecified atom stereocenters. The van der Waals surface area contributed by atoms with Gasteiger partial charge in [-0.25, -0.2) is 0 Å². The predicted octanol–water partition coefficient (Wildman–Crippen LogP) is 4.69. The van der Waals surface area contributed by atoms with E-state index >= 15 is 0 Å². The lowest BCUT2D eigenvalue weighted by Gasteiger charge is -2.10. The molecule has 0 aliphatic carbocycles. The number of likely N-dealkylation sites (N-methyl/N-ethyl adjacent to an activating group) is 1. The molecule has 7 heteroatoms. The summed E-state index contributed by atoms with van der Waals surface area (Å²) in [6.07, 6.45) is 1.85. The van der Waals surface area contributed by atoms with Gasteiger partial charge in [-0.2, -0.15) is 0 Å². The molecule has 2 aromatic rings. The summed E-state index contributed by atoms with van der Waals surface area (Å²) >= 11 is 6.58. The minimum absolute atomic E-state index is 0.0416. The summed E-state index contributed by atoms with van der Waals surface area (Å²) in [5.41, 5.74) is 2.10. The zero-order valence-corrected chi connectivity index (χ0v) is 18.8. The smallest absolute Gasteiger partial charge is 0.266 e. The molecular formula is C23H25NO4S2. The minimum atomic E-state index is -0.0416. The van der Waals surface area contributed by atoms with Crippen LogP contribution in [0, 0.1) is 6.92 Å². The number of benzene rings is 2. The molecule has 0 saturated carbocycles. The molecule has 158 valence electrons. The number of hydrogen-bond acceptors (Lipinski definition) is 6. The van der Waals surface area contributed by atoms with E-state index in [1.165, 1.54) is 17.3 Å². The first-order valence-electron chi connectivity index (χ1n) is 9.82. The highest BCUT2D eigenvalue weighted by atomic mass is 32.2. The first-order chi connectivity index (χ1) is 14.6. The monoisotopic (exact) mass is 443 g/mol. The summed E-state index contributed by atoms with van der Waals surface area (Å²) in [6, 6.07) is 15.6. The van der Waals surface area contributed by atoms with Gasteiger partial charge < -0.3 is 14.2 Å². The largest absolute Gasteiger partial charge is 0.491 e. The van der Waals surface area contributed by atoms with Crippen LogP contribution in [0.25, 0.3) is 6.08 Å². The maximum absolute atomic E-state index is 12.3. The molecule has 0 spiro atoms. The Morgan fingerprint density at radius 2 is 1.70 bits per heavy atom. The number of rotatable bonds is 10. The zero-order chi connectivity index (χ0) is 21.3. The van der Waals surface area contributed by atoms with Crippen molar-refractivity contribution >= 4 is 40.3 Å². The number of carbonyl (C=O) groups excluding carboxylic acids is 1. The van der Waals surface area contributed by atoms with Gasteiger partial charge in [0.15, 0.2) is 0 Å². The van der Waals surface area contributed by atoms with E-state index in [-0.39, 0.29) is 5.91 Å². The number of thioether (sulfide) groups is 1. The molecule has 0 bridgehead atoms. The SMILES string of the molecule is CCN1C(=O)C(=Cc2cccc(OCCOCCOc3ccc(C)cc3)c2)SC1=S. The number of thiocarbonyl (C=S) groups is 1. The van der Waals surface area contributed by atoms with Gasteiger partial charge in [0, 0.05) is 6.54 Å².